The van der Waals surface area contributed by atoms with Gasteiger partial charge in [0.05, 0.1) is 0 Å². The maximum absolute atomic E-state index is 12.6. The second-order valence-corrected chi connectivity index (χ2v) is 14.6. The highest BCUT2D eigenvalue weighted by molar-refractivity contribution is 5.71. The molecular formula is C49H82O6. The number of carbonyl (C=O) groups is 3. The van der Waals surface area contributed by atoms with Crippen LogP contribution in [0.5, 0.6) is 0 Å². The van der Waals surface area contributed by atoms with Crippen molar-refractivity contribution in [2.45, 2.75) is 207 Å². The molecule has 0 bridgehead atoms. The highest BCUT2D eigenvalue weighted by Gasteiger charge is 2.19. The van der Waals surface area contributed by atoms with Crippen molar-refractivity contribution in [1.82, 2.24) is 0 Å². The van der Waals surface area contributed by atoms with Crippen LogP contribution in [-0.4, -0.2) is 37.2 Å². The minimum Gasteiger partial charge on any atom is -0.462 e. The molecular weight excluding hydrogens is 685 g/mol. The lowest BCUT2D eigenvalue weighted by molar-refractivity contribution is -0.166. The van der Waals surface area contributed by atoms with E-state index in [9.17, 15) is 14.4 Å². The summed E-state index contributed by atoms with van der Waals surface area (Å²) in [5, 5.41) is 0. The van der Waals surface area contributed by atoms with Gasteiger partial charge in [-0.15, -0.1) is 0 Å². The van der Waals surface area contributed by atoms with Crippen LogP contribution in [0.15, 0.2) is 72.9 Å². The van der Waals surface area contributed by atoms with Gasteiger partial charge in [-0.2, -0.15) is 0 Å². The van der Waals surface area contributed by atoms with Crippen molar-refractivity contribution in [2.24, 2.45) is 0 Å². The van der Waals surface area contributed by atoms with E-state index in [1.807, 2.05) is 12.2 Å². The van der Waals surface area contributed by atoms with Crippen LogP contribution in [-0.2, 0) is 28.6 Å². The number of allylic oxidation sites excluding steroid dienone is 12. The first-order valence-corrected chi connectivity index (χ1v) is 22.4. The zero-order valence-electron chi connectivity index (χ0n) is 35.7. The van der Waals surface area contributed by atoms with Gasteiger partial charge in [0, 0.05) is 19.3 Å². The molecule has 6 nitrogen and oxygen atoms in total. The predicted octanol–water partition coefficient (Wildman–Crippen LogP) is 14.3. The quantitative estimate of drug-likeness (QED) is 0.0268. The van der Waals surface area contributed by atoms with Crippen LogP contribution >= 0.6 is 0 Å². The van der Waals surface area contributed by atoms with Crippen molar-refractivity contribution in [3.63, 3.8) is 0 Å². The SMILES string of the molecule is CC/C=C\C/C=C\C/C=C\C/C=C\C/C=C\C/C=C\CCC(=O)OC[C@@H](COC(=O)CCCCCCCCCCC)OC(=O)CCCCCCCCCCC. The topological polar surface area (TPSA) is 78.9 Å². The molecule has 314 valence electrons. The van der Waals surface area contributed by atoms with E-state index < -0.39 is 6.10 Å². The minimum atomic E-state index is -0.798. The summed E-state index contributed by atoms with van der Waals surface area (Å²) in [4.78, 5) is 37.6. The average Bonchev–Trinajstić information content (AvgIpc) is 3.18. The number of hydrogen-bond donors (Lipinski definition) is 0. The summed E-state index contributed by atoms with van der Waals surface area (Å²) in [5.41, 5.74) is 0. The lowest BCUT2D eigenvalue weighted by atomic mass is 10.1. The summed E-state index contributed by atoms with van der Waals surface area (Å²) in [6, 6.07) is 0. The van der Waals surface area contributed by atoms with Crippen molar-refractivity contribution in [2.75, 3.05) is 13.2 Å². The molecule has 0 radical (unpaired) electrons. The van der Waals surface area contributed by atoms with Gasteiger partial charge in [0.15, 0.2) is 6.10 Å². The van der Waals surface area contributed by atoms with Crippen molar-refractivity contribution >= 4 is 17.9 Å². The normalized spacial score (nSPS) is 12.7. The fraction of sp³-hybridized carbons (Fsp3) is 0.694. The Morgan fingerprint density at radius 1 is 0.382 bits per heavy atom. The van der Waals surface area contributed by atoms with E-state index in [0.717, 1.165) is 77.0 Å². The Morgan fingerprint density at radius 3 is 1.11 bits per heavy atom. The van der Waals surface area contributed by atoms with Gasteiger partial charge in [-0.1, -0.05) is 196 Å². The van der Waals surface area contributed by atoms with Gasteiger partial charge >= 0.3 is 17.9 Å². The molecule has 0 aliphatic heterocycles. The van der Waals surface area contributed by atoms with E-state index in [0.29, 0.717) is 19.3 Å². The first kappa shape index (κ1) is 51.9. The molecule has 1 atom stereocenters. The molecule has 0 fully saturated rings. The molecule has 0 saturated carbocycles. The standard InChI is InChI=1S/C49H82O6/c1-4-7-10-13-16-19-20-21-22-23-24-25-26-27-28-31-33-36-39-42-48(51)54-45-46(55-49(52)43-40-37-34-30-18-15-12-9-6-3)44-53-47(50)41-38-35-32-29-17-14-11-8-5-2/h7,10,16,19,21-22,24-25,27-28,33,36,46H,4-6,8-9,11-15,17-18,20,23,26,29-32,34-35,37-45H2,1-3H3/b10-7-,19-16-,22-21-,25-24-,28-27-,36-33-/t46-/m1/s1. The van der Waals surface area contributed by atoms with E-state index in [2.05, 4.69) is 81.5 Å². The van der Waals surface area contributed by atoms with E-state index in [-0.39, 0.29) is 37.5 Å². The van der Waals surface area contributed by atoms with Gasteiger partial charge < -0.3 is 14.2 Å². The van der Waals surface area contributed by atoms with Crippen LogP contribution in [0.3, 0.4) is 0 Å². The molecule has 6 heteroatoms. The van der Waals surface area contributed by atoms with Crippen molar-refractivity contribution in [1.29, 1.82) is 0 Å². The molecule has 0 unspecified atom stereocenters. The smallest absolute Gasteiger partial charge is 0.306 e. The molecule has 0 heterocycles. The number of rotatable bonds is 39. The number of ether oxygens (including phenoxy) is 3. The maximum atomic E-state index is 12.6. The second kappa shape index (κ2) is 43.6. The molecule has 0 spiro atoms. The van der Waals surface area contributed by atoms with E-state index >= 15 is 0 Å². The Bertz CT molecular complexity index is 1070. The molecule has 0 aromatic carbocycles. The zero-order valence-corrected chi connectivity index (χ0v) is 35.7. The van der Waals surface area contributed by atoms with Crippen molar-refractivity contribution in [3.05, 3.63) is 72.9 Å². The fourth-order valence-electron chi connectivity index (χ4n) is 5.88. The van der Waals surface area contributed by atoms with Gasteiger partial charge in [0.2, 0.25) is 0 Å². The Kier molecular flexibility index (Phi) is 41.1. The summed E-state index contributed by atoms with van der Waals surface area (Å²) in [5.74, 6) is -0.996. The number of unbranched alkanes of at least 4 members (excludes halogenated alkanes) is 16. The van der Waals surface area contributed by atoms with Crippen molar-refractivity contribution < 1.29 is 28.6 Å². The van der Waals surface area contributed by atoms with Crippen LogP contribution < -0.4 is 0 Å². The highest BCUT2D eigenvalue weighted by atomic mass is 16.6. The van der Waals surface area contributed by atoms with Crippen LogP contribution in [0.4, 0.5) is 0 Å². The number of esters is 3. The van der Waals surface area contributed by atoms with Gasteiger partial charge in [0.25, 0.3) is 0 Å². The lowest BCUT2D eigenvalue weighted by Gasteiger charge is -2.18. The molecule has 0 aromatic rings. The second-order valence-electron chi connectivity index (χ2n) is 14.6. The van der Waals surface area contributed by atoms with E-state index in [4.69, 9.17) is 14.2 Å². The van der Waals surface area contributed by atoms with Gasteiger partial charge in [-0.25, -0.2) is 0 Å². The third-order valence-electron chi connectivity index (χ3n) is 9.24. The van der Waals surface area contributed by atoms with Gasteiger partial charge in [0.1, 0.15) is 13.2 Å². The zero-order chi connectivity index (χ0) is 40.1. The molecule has 0 aromatic heterocycles. The third-order valence-corrected chi connectivity index (χ3v) is 9.24. The van der Waals surface area contributed by atoms with Crippen LogP contribution in [0.1, 0.15) is 201 Å². The minimum absolute atomic E-state index is 0.0970. The summed E-state index contributed by atoms with van der Waals surface area (Å²) in [6.07, 6.45) is 53.3. The first-order valence-electron chi connectivity index (χ1n) is 22.4. The third kappa shape index (κ3) is 41.8. The van der Waals surface area contributed by atoms with E-state index in [1.165, 1.54) is 77.0 Å². The Morgan fingerprint density at radius 2 is 0.709 bits per heavy atom. The molecule has 0 saturated heterocycles. The van der Waals surface area contributed by atoms with Crippen molar-refractivity contribution in [3.8, 4) is 0 Å². The van der Waals surface area contributed by atoms with Crippen LogP contribution in [0, 0.1) is 0 Å². The molecule has 0 aliphatic rings. The molecule has 0 rings (SSSR count). The molecule has 55 heavy (non-hydrogen) atoms. The summed E-state index contributed by atoms with van der Waals surface area (Å²) < 4.78 is 16.6. The van der Waals surface area contributed by atoms with Crippen LogP contribution in [0.25, 0.3) is 0 Å². The average molecular weight is 767 g/mol. The Balaban J connectivity index is 4.43. The first-order chi connectivity index (χ1) is 27.0. The molecule has 0 N–H and O–H groups in total. The van der Waals surface area contributed by atoms with Crippen LogP contribution in [0.2, 0.25) is 0 Å². The monoisotopic (exact) mass is 767 g/mol. The lowest BCUT2D eigenvalue weighted by Crippen LogP contribution is -2.30. The largest absolute Gasteiger partial charge is 0.462 e. The van der Waals surface area contributed by atoms with Gasteiger partial charge in [-0.05, 0) is 57.8 Å². The fourth-order valence-corrected chi connectivity index (χ4v) is 5.88. The maximum Gasteiger partial charge on any atom is 0.306 e. The summed E-state index contributed by atoms with van der Waals surface area (Å²) in [7, 11) is 0. The number of hydrogen-bond acceptors (Lipinski definition) is 6. The number of carbonyl (C=O) groups excluding carboxylic acids is 3. The van der Waals surface area contributed by atoms with Gasteiger partial charge in [-0.3, -0.25) is 14.4 Å². The highest BCUT2D eigenvalue weighted by Crippen LogP contribution is 2.13. The van der Waals surface area contributed by atoms with E-state index in [1.54, 1.807) is 0 Å². The summed E-state index contributed by atoms with van der Waals surface area (Å²) >= 11 is 0. The molecule has 0 amide bonds. The summed E-state index contributed by atoms with van der Waals surface area (Å²) in [6.45, 7) is 6.39. The molecule has 0 aliphatic carbocycles. The Hall–Kier alpha value is -3.15. The predicted molar refractivity (Wildman–Crippen MR) is 233 cm³/mol. The Labute approximate surface area is 338 Å².